The molecule has 1 rings (SSSR count). The Morgan fingerprint density at radius 2 is 2.07 bits per heavy atom. The number of amides is 1. The zero-order valence-electron chi connectivity index (χ0n) is 10.2. The topological polar surface area (TPSA) is 43.8 Å². The molecule has 0 spiro atoms. The second-order valence-corrected chi connectivity index (χ2v) is 5.14. The smallest absolute Gasteiger partial charge is 0.237 e. The molecule has 1 aliphatic rings. The molecule has 0 bridgehead atoms. The lowest BCUT2D eigenvalue weighted by Gasteiger charge is -2.43. The van der Waals surface area contributed by atoms with E-state index in [1.807, 2.05) is 18.9 Å². The monoisotopic (exact) mass is 214 g/mol. The zero-order chi connectivity index (χ0) is 11.6. The molecule has 0 atom stereocenters. The Balaban J connectivity index is 2.71. The normalized spacial score (nSPS) is 20.1. The third-order valence-electron chi connectivity index (χ3n) is 2.43. The molecule has 0 saturated carbocycles. The molecule has 1 saturated heterocycles. The Morgan fingerprint density at radius 3 is 2.53 bits per heavy atom. The van der Waals surface area contributed by atoms with Crippen LogP contribution in [0.4, 0.5) is 0 Å². The van der Waals surface area contributed by atoms with Crippen LogP contribution in [0.2, 0.25) is 0 Å². The van der Waals surface area contributed by atoms with Crippen LogP contribution >= 0.6 is 0 Å². The lowest BCUT2D eigenvalue weighted by atomic mass is 10.1. The van der Waals surface area contributed by atoms with Crippen molar-refractivity contribution in [2.75, 3.05) is 13.1 Å². The van der Waals surface area contributed by atoms with Crippen molar-refractivity contribution in [2.24, 2.45) is 0 Å². The van der Waals surface area contributed by atoms with E-state index in [1.165, 1.54) is 0 Å². The largest absolute Gasteiger partial charge is 0.389 e. The van der Waals surface area contributed by atoms with Crippen molar-refractivity contribution >= 4 is 5.91 Å². The van der Waals surface area contributed by atoms with E-state index >= 15 is 0 Å². The fourth-order valence-electron chi connectivity index (χ4n) is 2.01. The summed E-state index contributed by atoms with van der Waals surface area (Å²) in [6, 6.07) is 0.167. The lowest BCUT2D eigenvalue weighted by molar-refractivity contribution is -0.166. The average molecular weight is 214 g/mol. The molecule has 0 aliphatic carbocycles. The highest BCUT2D eigenvalue weighted by atomic mass is 16.3. The second-order valence-electron chi connectivity index (χ2n) is 5.14. The van der Waals surface area contributed by atoms with Gasteiger partial charge in [0.2, 0.25) is 5.91 Å². The summed E-state index contributed by atoms with van der Waals surface area (Å²) in [5, 5.41) is 13.5. The molecular formula is C11H22N2O2. The summed E-state index contributed by atoms with van der Waals surface area (Å²) in [5.74, 6) is 0.167. The van der Waals surface area contributed by atoms with Crippen LogP contribution < -0.4 is 0 Å². The SMILES string of the molecule is CC(C)N1C(=O)CCCN1CC(C)(C)O. The van der Waals surface area contributed by atoms with Crippen molar-refractivity contribution in [3.05, 3.63) is 0 Å². The molecule has 4 heteroatoms. The maximum Gasteiger partial charge on any atom is 0.237 e. The minimum absolute atomic E-state index is 0.167. The molecule has 0 radical (unpaired) electrons. The minimum Gasteiger partial charge on any atom is -0.389 e. The summed E-state index contributed by atoms with van der Waals surface area (Å²) in [6.07, 6.45) is 1.51. The van der Waals surface area contributed by atoms with Crippen molar-refractivity contribution in [2.45, 2.75) is 52.2 Å². The van der Waals surface area contributed by atoms with Crippen LogP contribution in [-0.2, 0) is 4.79 Å². The van der Waals surface area contributed by atoms with Crippen LogP contribution in [0, 0.1) is 0 Å². The van der Waals surface area contributed by atoms with Crippen LogP contribution in [0.5, 0.6) is 0 Å². The minimum atomic E-state index is -0.759. The number of hydrogen-bond acceptors (Lipinski definition) is 3. The number of nitrogens with zero attached hydrogens (tertiary/aromatic N) is 2. The first kappa shape index (κ1) is 12.5. The van der Waals surface area contributed by atoms with E-state index in [2.05, 4.69) is 0 Å². The molecule has 0 aromatic carbocycles. The summed E-state index contributed by atoms with van der Waals surface area (Å²) >= 11 is 0. The van der Waals surface area contributed by atoms with E-state index in [1.54, 1.807) is 18.9 Å². The number of rotatable bonds is 3. The molecule has 88 valence electrons. The summed E-state index contributed by atoms with van der Waals surface area (Å²) < 4.78 is 0. The molecular weight excluding hydrogens is 192 g/mol. The molecule has 1 heterocycles. The molecule has 1 fully saturated rings. The zero-order valence-corrected chi connectivity index (χ0v) is 10.2. The Hall–Kier alpha value is -0.610. The molecule has 0 aromatic heterocycles. The maximum atomic E-state index is 11.7. The number of hydrogen-bond donors (Lipinski definition) is 1. The predicted molar refractivity (Wildman–Crippen MR) is 59.1 cm³/mol. The van der Waals surface area contributed by atoms with Crippen LogP contribution in [0.15, 0.2) is 0 Å². The molecule has 1 amide bonds. The lowest BCUT2D eigenvalue weighted by Crippen LogP contribution is -2.57. The number of carbonyl (C=O) groups is 1. The Bertz CT molecular complexity index is 233. The van der Waals surface area contributed by atoms with Gasteiger partial charge < -0.3 is 5.11 Å². The van der Waals surface area contributed by atoms with Crippen LogP contribution in [0.1, 0.15) is 40.5 Å². The van der Waals surface area contributed by atoms with E-state index in [0.717, 1.165) is 13.0 Å². The third kappa shape index (κ3) is 3.47. The van der Waals surface area contributed by atoms with Crippen molar-refractivity contribution in [1.29, 1.82) is 0 Å². The number of aliphatic hydroxyl groups is 1. The number of β-amino-alcohol motifs (C(OH)–C–C–N with tert-alkyl or cyclic N) is 1. The highest BCUT2D eigenvalue weighted by molar-refractivity contribution is 5.76. The van der Waals surface area contributed by atoms with Crippen molar-refractivity contribution in [3.63, 3.8) is 0 Å². The van der Waals surface area contributed by atoms with E-state index in [4.69, 9.17) is 0 Å². The Kier molecular flexibility index (Phi) is 3.73. The van der Waals surface area contributed by atoms with Gasteiger partial charge in [-0.15, -0.1) is 0 Å². The van der Waals surface area contributed by atoms with Gasteiger partial charge in [-0.3, -0.25) is 9.80 Å². The van der Waals surface area contributed by atoms with Crippen molar-refractivity contribution in [1.82, 2.24) is 10.0 Å². The van der Waals surface area contributed by atoms with Crippen LogP contribution in [-0.4, -0.2) is 45.8 Å². The van der Waals surface area contributed by atoms with Crippen molar-refractivity contribution < 1.29 is 9.90 Å². The van der Waals surface area contributed by atoms with Gasteiger partial charge >= 0.3 is 0 Å². The van der Waals surface area contributed by atoms with Gasteiger partial charge in [0.05, 0.1) is 5.60 Å². The Labute approximate surface area is 91.8 Å². The molecule has 1 aliphatic heterocycles. The van der Waals surface area contributed by atoms with Crippen LogP contribution in [0.25, 0.3) is 0 Å². The Morgan fingerprint density at radius 1 is 1.47 bits per heavy atom. The van der Waals surface area contributed by atoms with Crippen LogP contribution in [0.3, 0.4) is 0 Å². The van der Waals surface area contributed by atoms with Gasteiger partial charge in [0.15, 0.2) is 0 Å². The number of hydrazine groups is 1. The fourth-order valence-corrected chi connectivity index (χ4v) is 2.01. The van der Waals surface area contributed by atoms with E-state index in [0.29, 0.717) is 13.0 Å². The molecule has 0 unspecified atom stereocenters. The summed E-state index contributed by atoms with van der Waals surface area (Å²) in [5.41, 5.74) is -0.759. The first-order valence-corrected chi connectivity index (χ1v) is 5.60. The van der Waals surface area contributed by atoms with Gasteiger partial charge in [0, 0.05) is 25.6 Å². The van der Waals surface area contributed by atoms with E-state index in [9.17, 15) is 9.90 Å². The summed E-state index contributed by atoms with van der Waals surface area (Å²) in [6.45, 7) is 8.90. The van der Waals surface area contributed by atoms with Crippen molar-refractivity contribution in [3.8, 4) is 0 Å². The van der Waals surface area contributed by atoms with E-state index in [-0.39, 0.29) is 11.9 Å². The van der Waals surface area contributed by atoms with Gasteiger partial charge in [0.1, 0.15) is 0 Å². The van der Waals surface area contributed by atoms with Gasteiger partial charge in [0.25, 0.3) is 0 Å². The van der Waals surface area contributed by atoms with Gasteiger partial charge in [-0.2, -0.15) is 0 Å². The summed E-state index contributed by atoms with van der Waals surface area (Å²) in [7, 11) is 0. The molecule has 15 heavy (non-hydrogen) atoms. The molecule has 0 aromatic rings. The molecule has 4 nitrogen and oxygen atoms in total. The second kappa shape index (κ2) is 4.49. The quantitative estimate of drug-likeness (QED) is 0.762. The first-order chi connectivity index (χ1) is 6.81. The first-order valence-electron chi connectivity index (χ1n) is 5.60. The predicted octanol–water partition coefficient (Wildman–Crippen LogP) is 1.01. The fraction of sp³-hybridized carbons (Fsp3) is 0.909. The van der Waals surface area contributed by atoms with Gasteiger partial charge in [-0.25, -0.2) is 5.01 Å². The number of carbonyl (C=O) groups excluding carboxylic acids is 1. The van der Waals surface area contributed by atoms with Gasteiger partial charge in [-0.05, 0) is 34.1 Å². The highest BCUT2D eigenvalue weighted by Gasteiger charge is 2.31. The third-order valence-corrected chi connectivity index (χ3v) is 2.43. The molecule has 1 N–H and O–H groups in total. The summed E-state index contributed by atoms with van der Waals surface area (Å²) in [4.78, 5) is 11.7. The average Bonchev–Trinajstić information content (AvgIpc) is 1.99. The standard InChI is InChI=1S/C11H22N2O2/c1-9(2)13-10(14)6-5-7-12(13)8-11(3,4)15/h9,15H,5-8H2,1-4H3. The van der Waals surface area contributed by atoms with E-state index < -0.39 is 5.60 Å². The van der Waals surface area contributed by atoms with Gasteiger partial charge in [-0.1, -0.05) is 0 Å². The highest BCUT2D eigenvalue weighted by Crippen LogP contribution is 2.18. The maximum absolute atomic E-state index is 11.7.